The van der Waals surface area contributed by atoms with Crippen LogP contribution in [0.4, 0.5) is 0 Å². The van der Waals surface area contributed by atoms with E-state index in [1.165, 1.54) is 7.11 Å². The zero-order valence-electron chi connectivity index (χ0n) is 11.4. The highest BCUT2D eigenvalue weighted by Gasteiger charge is 2.23. The predicted octanol–water partition coefficient (Wildman–Crippen LogP) is 0.216. The molecule has 0 aliphatic heterocycles. The first-order chi connectivity index (χ1) is 8.69. The average molecular weight is 295 g/mol. The van der Waals surface area contributed by atoms with Gasteiger partial charge in [0.1, 0.15) is 0 Å². The topological polar surface area (TPSA) is 110 Å². The smallest absolute Gasteiger partial charge is 0.308 e. The fourth-order valence-corrected chi connectivity index (χ4v) is 2.51. The lowest BCUT2D eigenvalue weighted by molar-refractivity contribution is -0.143. The molecule has 1 atom stereocenters. The third kappa shape index (κ3) is 7.78. The normalized spacial score (nSPS) is 13.3. The highest BCUT2D eigenvalue weighted by Crippen LogP contribution is 2.10. The maximum atomic E-state index is 11.6. The summed E-state index contributed by atoms with van der Waals surface area (Å²) >= 11 is 0. The van der Waals surface area contributed by atoms with Crippen LogP contribution in [0.15, 0.2) is 0 Å². The maximum absolute atomic E-state index is 11.6. The zero-order valence-corrected chi connectivity index (χ0v) is 12.2. The van der Waals surface area contributed by atoms with Gasteiger partial charge in [-0.3, -0.25) is 9.59 Å². The molecule has 0 rings (SSSR count). The molecule has 19 heavy (non-hydrogen) atoms. The number of hydrogen-bond acceptors (Lipinski definition) is 5. The maximum Gasteiger partial charge on any atom is 0.308 e. The Morgan fingerprint density at radius 3 is 2.32 bits per heavy atom. The first kappa shape index (κ1) is 17.8. The molecule has 0 aromatic rings. The van der Waals surface area contributed by atoms with Gasteiger partial charge in [0.05, 0.1) is 18.8 Å². The number of hydrogen-bond donors (Lipinski definition) is 2. The van der Waals surface area contributed by atoms with Gasteiger partial charge in [0.2, 0.25) is 10.0 Å². The summed E-state index contributed by atoms with van der Waals surface area (Å²) in [6.45, 7) is 3.28. The third-order valence-corrected chi connectivity index (χ3v) is 4.10. The molecule has 0 aromatic carbocycles. The van der Waals surface area contributed by atoms with Gasteiger partial charge in [0, 0.05) is 13.0 Å². The van der Waals surface area contributed by atoms with E-state index in [2.05, 4.69) is 9.46 Å². The molecule has 0 amide bonds. The minimum Gasteiger partial charge on any atom is -0.481 e. The van der Waals surface area contributed by atoms with Gasteiger partial charge in [-0.15, -0.1) is 0 Å². The van der Waals surface area contributed by atoms with Crippen molar-refractivity contribution < 1.29 is 27.9 Å². The second kappa shape index (κ2) is 8.11. The Kier molecular flexibility index (Phi) is 7.62. The summed E-state index contributed by atoms with van der Waals surface area (Å²) in [4.78, 5) is 21.7. The number of rotatable bonds is 9. The minimum absolute atomic E-state index is 0.0178. The van der Waals surface area contributed by atoms with Crippen LogP contribution in [0.3, 0.4) is 0 Å². The molecule has 0 aliphatic carbocycles. The molecule has 112 valence electrons. The summed E-state index contributed by atoms with van der Waals surface area (Å²) in [5.41, 5.74) is 0. The lowest BCUT2D eigenvalue weighted by Crippen LogP contribution is -2.36. The van der Waals surface area contributed by atoms with Crippen molar-refractivity contribution in [3.8, 4) is 0 Å². The van der Waals surface area contributed by atoms with E-state index in [-0.39, 0.29) is 31.1 Å². The molecule has 0 bridgehead atoms. The van der Waals surface area contributed by atoms with E-state index in [9.17, 15) is 18.0 Å². The Hall–Kier alpha value is -1.15. The van der Waals surface area contributed by atoms with Gasteiger partial charge in [0.25, 0.3) is 0 Å². The molecule has 0 spiro atoms. The Balaban J connectivity index is 4.23. The molecule has 0 fully saturated rings. The van der Waals surface area contributed by atoms with Crippen molar-refractivity contribution in [3.63, 3.8) is 0 Å². The third-order valence-electron chi connectivity index (χ3n) is 2.67. The van der Waals surface area contributed by atoms with E-state index >= 15 is 0 Å². The van der Waals surface area contributed by atoms with Crippen LogP contribution in [0.2, 0.25) is 0 Å². The zero-order chi connectivity index (χ0) is 15.1. The molecule has 7 nitrogen and oxygen atoms in total. The van der Waals surface area contributed by atoms with Crippen LogP contribution in [0, 0.1) is 11.8 Å². The lowest BCUT2D eigenvalue weighted by Gasteiger charge is -2.16. The Labute approximate surface area is 113 Å². The minimum atomic E-state index is -3.57. The van der Waals surface area contributed by atoms with E-state index in [1.54, 1.807) is 13.8 Å². The van der Waals surface area contributed by atoms with Crippen LogP contribution in [0.5, 0.6) is 0 Å². The van der Waals surface area contributed by atoms with Gasteiger partial charge in [0.15, 0.2) is 0 Å². The first-order valence-electron chi connectivity index (χ1n) is 5.96. The van der Waals surface area contributed by atoms with Crippen molar-refractivity contribution in [3.05, 3.63) is 0 Å². The Bertz CT molecular complexity index is 403. The van der Waals surface area contributed by atoms with Gasteiger partial charge < -0.3 is 9.84 Å². The van der Waals surface area contributed by atoms with Gasteiger partial charge in [-0.05, 0) is 12.3 Å². The van der Waals surface area contributed by atoms with Crippen molar-refractivity contribution in [1.82, 2.24) is 4.72 Å². The predicted molar refractivity (Wildman–Crippen MR) is 69.0 cm³/mol. The van der Waals surface area contributed by atoms with Crippen LogP contribution < -0.4 is 4.72 Å². The largest absolute Gasteiger partial charge is 0.481 e. The van der Waals surface area contributed by atoms with E-state index in [0.717, 1.165) is 0 Å². The molecule has 0 aliphatic rings. The SMILES string of the molecule is COC(=O)CCCS(=O)(=O)NCC(C(=O)O)C(C)C. The standard InChI is InChI=1S/C11H21NO6S/c1-8(2)9(11(14)15)7-12-19(16,17)6-4-5-10(13)18-3/h8-9,12H,4-7H2,1-3H3,(H,14,15). The number of aliphatic carboxylic acids is 1. The van der Waals surface area contributed by atoms with E-state index in [1.807, 2.05) is 0 Å². The number of nitrogens with one attached hydrogen (secondary N) is 1. The fraction of sp³-hybridized carbons (Fsp3) is 0.818. The van der Waals surface area contributed by atoms with Crippen molar-refractivity contribution in [2.45, 2.75) is 26.7 Å². The molecular weight excluding hydrogens is 274 g/mol. The molecule has 1 unspecified atom stereocenters. The highest BCUT2D eigenvalue weighted by molar-refractivity contribution is 7.89. The first-order valence-corrected chi connectivity index (χ1v) is 7.61. The van der Waals surface area contributed by atoms with E-state index in [4.69, 9.17) is 5.11 Å². The molecule has 0 aromatic heterocycles. The van der Waals surface area contributed by atoms with Gasteiger partial charge in [-0.2, -0.15) is 0 Å². The van der Waals surface area contributed by atoms with Crippen molar-refractivity contribution in [1.29, 1.82) is 0 Å². The van der Waals surface area contributed by atoms with Gasteiger partial charge in [-0.1, -0.05) is 13.8 Å². The number of esters is 1. The summed E-state index contributed by atoms with van der Waals surface area (Å²) in [6.07, 6.45) is 0.158. The summed E-state index contributed by atoms with van der Waals surface area (Å²) in [6, 6.07) is 0. The van der Waals surface area contributed by atoms with Gasteiger partial charge in [-0.25, -0.2) is 13.1 Å². The second-order valence-corrected chi connectivity index (χ2v) is 6.46. The van der Waals surface area contributed by atoms with Crippen molar-refractivity contribution in [2.24, 2.45) is 11.8 Å². The number of carboxylic acid groups (broad SMARTS) is 1. The second-order valence-electron chi connectivity index (χ2n) is 4.54. The van der Waals surface area contributed by atoms with Crippen molar-refractivity contribution in [2.75, 3.05) is 19.4 Å². The molecule has 8 heteroatoms. The Morgan fingerprint density at radius 1 is 1.32 bits per heavy atom. The number of methoxy groups -OCH3 is 1. The van der Waals surface area contributed by atoms with Gasteiger partial charge >= 0.3 is 11.9 Å². The summed E-state index contributed by atoms with van der Waals surface area (Å²) in [7, 11) is -2.34. The average Bonchev–Trinajstić information content (AvgIpc) is 2.27. The van der Waals surface area contributed by atoms with Crippen LogP contribution in [0.25, 0.3) is 0 Å². The molecular formula is C11H21NO6S. The number of sulfonamides is 1. The molecule has 0 heterocycles. The highest BCUT2D eigenvalue weighted by atomic mass is 32.2. The number of carbonyl (C=O) groups excluding carboxylic acids is 1. The lowest BCUT2D eigenvalue weighted by atomic mass is 9.97. The van der Waals surface area contributed by atoms with Crippen LogP contribution in [0.1, 0.15) is 26.7 Å². The molecule has 0 saturated carbocycles. The van der Waals surface area contributed by atoms with Crippen LogP contribution >= 0.6 is 0 Å². The number of carboxylic acids is 1. The summed E-state index contributed by atoms with van der Waals surface area (Å²) in [5.74, 6) is -2.68. The Morgan fingerprint density at radius 2 is 1.89 bits per heavy atom. The van der Waals surface area contributed by atoms with Crippen LogP contribution in [-0.2, 0) is 24.3 Å². The van der Waals surface area contributed by atoms with E-state index < -0.39 is 27.9 Å². The quantitative estimate of drug-likeness (QED) is 0.589. The number of carbonyl (C=O) groups is 2. The monoisotopic (exact) mass is 295 g/mol. The number of ether oxygens (including phenoxy) is 1. The molecule has 0 saturated heterocycles. The summed E-state index contributed by atoms with van der Waals surface area (Å²) in [5, 5.41) is 8.93. The van der Waals surface area contributed by atoms with Crippen molar-refractivity contribution >= 4 is 22.0 Å². The fourth-order valence-electron chi connectivity index (χ4n) is 1.41. The summed E-state index contributed by atoms with van der Waals surface area (Å²) < 4.78 is 29.8. The molecule has 2 N–H and O–H groups in total. The molecule has 0 radical (unpaired) electrons. The van der Waals surface area contributed by atoms with E-state index in [0.29, 0.717) is 0 Å². The van der Waals surface area contributed by atoms with Crippen LogP contribution in [-0.4, -0.2) is 44.9 Å².